The molecule has 202 valence electrons. The molecule has 1 heterocycles. The van der Waals surface area contributed by atoms with Gasteiger partial charge in [-0.25, -0.2) is 0 Å². The van der Waals surface area contributed by atoms with Crippen LogP contribution >= 0.6 is 0 Å². The summed E-state index contributed by atoms with van der Waals surface area (Å²) in [5.74, 6) is 3.44. The number of phenols is 1. The van der Waals surface area contributed by atoms with E-state index in [1.807, 2.05) is 26.1 Å². The van der Waals surface area contributed by atoms with E-state index >= 15 is 0 Å². The molecule has 8 nitrogen and oxygen atoms in total. The molecule has 36 heavy (non-hydrogen) atoms. The van der Waals surface area contributed by atoms with E-state index in [1.54, 1.807) is 13.1 Å². The van der Waals surface area contributed by atoms with Crippen LogP contribution in [0.25, 0.3) is 0 Å². The Labute approximate surface area is 217 Å². The van der Waals surface area contributed by atoms with Crippen molar-refractivity contribution in [1.82, 2.24) is 20.1 Å². The van der Waals surface area contributed by atoms with E-state index in [-0.39, 0.29) is 5.92 Å². The lowest BCUT2D eigenvalue weighted by Gasteiger charge is -2.16. The number of benzene rings is 1. The van der Waals surface area contributed by atoms with E-state index in [0.29, 0.717) is 18.2 Å². The zero-order valence-corrected chi connectivity index (χ0v) is 23.1. The van der Waals surface area contributed by atoms with E-state index in [9.17, 15) is 9.90 Å². The van der Waals surface area contributed by atoms with Crippen LogP contribution in [0.15, 0.2) is 18.2 Å². The van der Waals surface area contributed by atoms with Crippen LogP contribution in [0.5, 0.6) is 5.75 Å². The molecule has 0 bridgehead atoms. The first-order valence-electron chi connectivity index (χ1n) is 13.2. The van der Waals surface area contributed by atoms with Crippen LogP contribution in [0.1, 0.15) is 94.9 Å². The molecule has 1 saturated carbocycles. The van der Waals surface area contributed by atoms with Crippen molar-refractivity contribution in [2.75, 3.05) is 26.0 Å². The second kappa shape index (κ2) is 17.7. The number of phenolic OH excluding ortho intramolecular Hbond substituents is 1. The molecular weight excluding hydrogens is 454 g/mol. The quantitative estimate of drug-likeness (QED) is 0.196. The molecule has 1 aromatic carbocycles. The number of hydrogen-bond acceptors (Lipinski definition) is 7. The normalized spacial score (nSPS) is 13.2. The number of carbonyl (C=O) groups excluding carboxylic acids is 2. The molecule has 0 amide bonds. The number of nitrogens with zero attached hydrogens (tertiary/aromatic N) is 3. The molecule has 0 aliphatic heterocycles. The summed E-state index contributed by atoms with van der Waals surface area (Å²) >= 11 is 0. The second-order valence-corrected chi connectivity index (χ2v) is 9.71. The zero-order chi connectivity index (χ0) is 26.9. The molecule has 0 saturated heterocycles. The van der Waals surface area contributed by atoms with Gasteiger partial charge in [0.2, 0.25) is 0 Å². The molecule has 2 aromatic rings. The van der Waals surface area contributed by atoms with Crippen molar-refractivity contribution in [1.29, 1.82) is 0 Å². The number of anilines is 1. The molecule has 1 fully saturated rings. The molecule has 0 spiro atoms. The van der Waals surface area contributed by atoms with E-state index in [0.717, 1.165) is 67.2 Å². The average molecular weight is 502 g/mol. The Kier molecular flexibility index (Phi) is 15.3. The van der Waals surface area contributed by atoms with Crippen molar-refractivity contribution < 1.29 is 14.7 Å². The van der Waals surface area contributed by atoms with Crippen LogP contribution in [0, 0.1) is 12.8 Å². The predicted molar refractivity (Wildman–Crippen MR) is 147 cm³/mol. The van der Waals surface area contributed by atoms with Gasteiger partial charge in [-0.1, -0.05) is 26.3 Å². The predicted octanol–water partition coefficient (Wildman–Crippen LogP) is 5.21. The monoisotopic (exact) mass is 501 g/mol. The Bertz CT molecular complexity index is 893. The number of aromatic hydroxyl groups is 1. The largest absolute Gasteiger partial charge is 0.506 e. The summed E-state index contributed by atoms with van der Waals surface area (Å²) in [7, 11) is 3.75. The second-order valence-electron chi connectivity index (χ2n) is 9.71. The number of rotatable bonds is 13. The SMILES string of the molecule is CC=O.CNCCCC(CC=O)c1nnc(CCCC(C)C)n1C1CC1.CNc1ccc(C)cc1O. The summed E-state index contributed by atoms with van der Waals surface area (Å²) in [5.41, 5.74) is 1.84. The first kappa shape index (κ1) is 31.3. The summed E-state index contributed by atoms with van der Waals surface area (Å²) in [6.45, 7) is 8.89. The van der Waals surface area contributed by atoms with Crippen LogP contribution in [0.2, 0.25) is 0 Å². The van der Waals surface area contributed by atoms with E-state index in [2.05, 4.69) is 39.2 Å². The maximum absolute atomic E-state index is 11.1. The van der Waals surface area contributed by atoms with E-state index < -0.39 is 0 Å². The van der Waals surface area contributed by atoms with Gasteiger partial charge in [0, 0.05) is 31.8 Å². The fourth-order valence-corrected chi connectivity index (χ4v) is 4.03. The minimum Gasteiger partial charge on any atom is -0.506 e. The Hall–Kier alpha value is -2.74. The topological polar surface area (TPSA) is 109 Å². The Morgan fingerprint density at radius 2 is 1.83 bits per heavy atom. The molecular formula is C28H47N5O3. The summed E-state index contributed by atoms with van der Waals surface area (Å²) in [6, 6.07) is 6.11. The highest BCUT2D eigenvalue weighted by Crippen LogP contribution is 2.39. The molecule has 1 aliphatic carbocycles. The van der Waals surface area contributed by atoms with Gasteiger partial charge in [0.25, 0.3) is 0 Å². The third-order valence-electron chi connectivity index (χ3n) is 6.03. The Morgan fingerprint density at radius 3 is 2.36 bits per heavy atom. The zero-order valence-electron chi connectivity index (χ0n) is 23.1. The standard InChI is InChI=1S/C18H32N4O.C8H11NO.C2H4O/c1-14(2)6-4-8-17-20-21-18(22(17)16-9-10-16)15(11-13-23)7-5-12-19-3;1-6-3-4-7(9-2)8(10)5-6;1-2-3/h13-16,19H,4-12H2,1-3H3;3-5,9-10H,1-2H3;2H,1H3. The van der Waals surface area contributed by atoms with E-state index in [1.165, 1.54) is 32.6 Å². The summed E-state index contributed by atoms with van der Waals surface area (Å²) in [4.78, 5) is 19.9. The average Bonchev–Trinajstić information content (AvgIpc) is 3.59. The van der Waals surface area contributed by atoms with Gasteiger partial charge in [-0.05, 0) is 83.2 Å². The van der Waals surface area contributed by atoms with Crippen LogP contribution in [-0.2, 0) is 16.0 Å². The van der Waals surface area contributed by atoms with Gasteiger partial charge in [-0.3, -0.25) is 0 Å². The summed E-state index contributed by atoms with van der Waals surface area (Å²) < 4.78 is 2.37. The van der Waals surface area contributed by atoms with Gasteiger partial charge in [0.05, 0.1) is 5.69 Å². The van der Waals surface area contributed by atoms with Gasteiger partial charge in [-0.15, -0.1) is 10.2 Å². The Balaban J connectivity index is 0.000000412. The third kappa shape index (κ3) is 11.3. The molecule has 1 aromatic heterocycles. The van der Waals surface area contributed by atoms with Crippen molar-refractivity contribution in [3.05, 3.63) is 35.4 Å². The van der Waals surface area contributed by atoms with Crippen molar-refractivity contribution in [2.45, 2.75) is 91.0 Å². The molecule has 1 aliphatic rings. The molecule has 3 rings (SSSR count). The fraction of sp³-hybridized carbons (Fsp3) is 0.643. The van der Waals surface area contributed by atoms with Crippen LogP contribution < -0.4 is 10.6 Å². The van der Waals surface area contributed by atoms with Crippen molar-refractivity contribution in [2.24, 2.45) is 5.92 Å². The molecule has 1 atom stereocenters. The number of nitrogens with one attached hydrogen (secondary N) is 2. The van der Waals surface area contributed by atoms with Gasteiger partial charge in [-0.2, -0.15) is 0 Å². The first-order valence-corrected chi connectivity index (χ1v) is 13.2. The minimum absolute atomic E-state index is 0.216. The lowest BCUT2D eigenvalue weighted by Crippen LogP contribution is -2.14. The van der Waals surface area contributed by atoms with Crippen LogP contribution in [-0.4, -0.2) is 53.1 Å². The smallest absolute Gasteiger partial charge is 0.138 e. The third-order valence-corrected chi connectivity index (χ3v) is 6.03. The molecule has 1 unspecified atom stereocenters. The van der Waals surface area contributed by atoms with Gasteiger partial charge >= 0.3 is 0 Å². The minimum atomic E-state index is 0.216. The fourth-order valence-electron chi connectivity index (χ4n) is 4.03. The van der Waals surface area contributed by atoms with Crippen molar-refractivity contribution in [3.8, 4) is 5.75 Å². The lowest BCUT2D eigenvalue weighted by molar-refractivity contribution is -0.108. The maximum atomic E-state index is 11.1. The summed E-state index contributed by atoms with van der Waals surface area (Å²) in [6.07, 6.45) is 10.3. The van der Waals surface area contributed by atoms with Crippen molar-refractivity contribution >= 4 is 18.3 Å². The van der Waals surface area contributed by atoms with Gasteiger partial charge < -0.3 is 29.9 Å². The number of aldehydes is 2. The highest BCUT2D eigenvalue weighted by molar-refractivity contribution is 5.56. The first-order chi connectivity index (χ1) is 17.3. The van der Waals surface area contributed by atoms with Crippen LogP contribution in [0.3, 0.4) is 0 Å². The highest BCUT2D eigenvalue weighted by atomic mass is 16.3. The van der Waals surface area contributed by atoms with Gasteiger partial charge in [0.15, 0.2) is 0 Å². The van der Waals surface area contributed by atoms with Crippen LogP contribution in [0.4, 0.5) is 5.69 Å². The van der Waals surface area contributed by atoms with Crippen molar-refractivity contribution in [3.63, 3.8) is 0 Å². The number of carbonyl (C=O) groups is 2. The highest BCUT2D eigenvalue weighted by Gasteiger charge is 2.31. The van der Waals surface area contributed by atoms with E-state index in [4.69, 9.17) is 4.79 Å². The molecule has 8 heteroatoms. The van der Waals surface area contributed by atoms with Gasteiger partial charge in [0.1, 0.15) is 30.0 Å². The number of aryl methyl sites for hydroxylation is 2. The lowest BCUT2D eigenvalue weighted by atomic mass is 9.98. The Morgan fingerprint density at radius 1 is 1.14 bits per heavy atom. The number of hydrogen-bond donors (Lipinski definition) is 3. The molecule has 0 radical (unpaired) electrons. The number of aromatic nitrogens is 3. The summed E-state index contributed by atoms with van der Waals surface area (Å²) in [5, 5.41) is 24.3. The maximum Gasteiger partial charge on any atom is 0.138 e. The molecule has 3 N–H and O–H groups in total.